The van der Waals surface area contributed by atoms with Gasteiger partial charge in [-0.3, -0.25) is 4.79 Å². The van der Waals surface area contributed by atoms with Crippen molar-refractivity contribution in [3.8, 4) is 5.75 Å². The predicted octanol–water partition coefficient (Wildman–Crippen LogP) is 4.85. The Bertz CT molecular complexity index is 1120. The highest BCUT2D eigenvalue weighted by molar-refractivity contribution is 6.32. The Balaban J connectivity index is 1.71. The van der Waals surface area contributed by atoms with E-state index in [0.717, 1.165) is 10.9 Å². The Morgan fingerprint density at radius 2 is 2.13 bits per heavy atom. The fraction of sp³-hybridized carbons (Fsp3) is 0.250. The normalized spacial score (nSPS) is 18.1. The van der Waals surface area contributed by atoms with E-state index in [1.807, 2.05) is 0 Å². The van der Waals surface area contributed by atoms with Gasteiger partial charge in [-0.2, -0.15) is 18.3 Å². The molecule has 4 rings (SSSR count). The van der Waals surface area contributed by atoms with Crippen LogP contribution in [0.15, 0.2) is 48.8 Å². The molecule has 0 bridgehead atoms. The van der Waals surface area contributed by atoms with Gasteiger partial charge in [-0.05, 0) is 29.8 Å². The number of benzene rings is 1. The van der Waals surface area contributed by atoms with Crippen LogP contribution in [0.2, 0.25) is 5.15 Å². The van der Waals surface area contributed by atoms with Gasteiger partial charge in [-0.15, -0.1) is 0 Å². The molecular formula is C20H17ClF3N5O2. The molecule has 0 spiro atoms. The second-order valence-electron chi connectivity index (χ2n) is 6.91. The fourth-order valence-corrected chi connectivity index (χ4v) is 3.64. The number of nitrogens with one attached hydrogen (secondary N) is 2. The molecule has 0 saturated heterocycles. The molecule has 2 N–H and O–H groups in total. The molecule has 0 unspecified atom stereocenters. The summed E-state index contributed by atoms with van der Waals surface area (Å²) in [5.74, 6) is -0.166. The lowest BCUT2D eigenvalue weighted by Gasteiger charge is -2.34. The third kappa shape index (κ3) is 4.15. The van der Waals surface area contributed by atoms with Crippen molar-refractivity contribution >= 4 is 29.0 Å². The Kier molecular flexibility index (Phi) is 5.48. The van der Waals surface area contributed by atoms with Crippen molar-refractivity contribution in [3.05, 3.63) is 65.1 Å². The lowest BCUT2D eigenvalue weighted by molar-refractivity contribution is -0.173. The molecule has 2 atom stereocenters. The highest BCUT2D eigenvalue weighted by Gasteiger charge is 2.47. The van der Waals surface area contributed by atoms with E-state index in [4.69, 9.17) is 16.3 Å². The number of ether oxygens (including phenoxy) is 1. The molecule has 162 valence electrons. The number of halogens is 4. The number of amides is 1. The first kappa shape index (κ1) is 21.0. The third-order valence-electron chi connectivity index (χ3n) is 4.99. The van der Waals surface area contributed by atoms with E-state index in [-0.39, 0.29) is 28.6 Å². The van der Waals surface area contributed by atoms with Gasteiger partial charge in [0, 0.05) is 12.6 Å². The number of anilines is 2. The minimum Gasteiger partial charge on any atom is -0.497 e. The first-order chi connectivity index (χ1) is 14.8. The van der Waals surface area contributed by atoms with E-state index in [2.05, 4.69) is 20.7 Å². The topological polar surface area (TPSA) is 81.1 Å². The van der Waals surface area contributed by atoms with Crippen LogP contribution in [0.25, 0.3) is 0 Å². The zero-order valence-electron chi connectivity index (χ0n) is 16.2. The Labute approximate surface area is 180 Å². The van der Waals surface area contributed by atoms with Crippen LogP contribution in [0.5, 0.6) is 5.75 Å². The van der Waals surface area contributed by atoms with Crippen molar-refractivity contribution in [1.29, 1.82) is 0 Å². The summed E-state index contributed by atoms with van der Waals surface area (Å²) in [6.07, 6.45) is -2.29. The number of fused-ring (bicyclic) bond motifs is 1. The standard InChI is InChI=1S/C20H17ClF3N5O2/c1-31-12-5-2-4-11(8-12)15-9-16(20(22,23)24)29-18(27-15)13(10-26-29)19(30)28-14-6-3-7-25-17(14)21/h2-8,10,15-16,27H,9H2,1H3,(H,28,30)/t15-,16+/m1/s1. The average molecular weight is 452 g/mol. The molecule has 7 nitrogen and oxygen atoms in total. The first-order valence-corrected chi connectivity index (χ1v) is 9.62. The number of hydrogen-bond donors (Lipinski definition) is 2. The van der Waals surface area contributed by atoms with E-state index >= 15 is 0 Å². The van der Waals surface area contributed by atoms with Gasteiger partial charge in [0.2, 0.25) is 0 Å². The molecule has 0 radical (unpaired) electrons. The number of methoxy groups -OCH3 is 1. The van der Waals surface area contributed by atoms with Gasteiger partial charge in [-0.25, -0.2) is 9.67 Å². The highest BCUT2D eigenvalue weighted by Crippen LogP contribution is 2.44. The predicted molar refractivity (Wildman–Crippen MR) is 108 cm³/mol. The number of rotatable bonds is 4. The quantitative estimate of drug-likeness (QED) is 0.554. The number of hydrogen-bond acceptors (Lipinski definition) is 5. The van der Waals surface area contributed by atoms with Gasteiger partial charge in [-0.1, -0.05) is 23.7 Å². The summed E-state index contributed by atoms with van der Waals surface area (Å²) >= 11 is 5.96. The first-order valence-electron chi connectivity index (χ1n) is 9.24. The summed E-state index contributed by atoms with van der Waals surface area (Å²) in [4.78, 5) is 16.7. The summed E-state index contributed by atoms with van der Waals surface area (Å²) in [6.45, 7) is 0. The maximum atomic E-state index is 13.8. The smallest absolute Gasteiger partial charge is 0.410 e. The van der Waals surface area contributed by atoms with Crippen LogP contribution < -0.4 is 15.4 Å². The number of aromatic nitrogens is 3. The molecule has 1 amide bonds. The summed E-state index contributed by atoms with van der Waals surface area (Å²) in [5.41, 5.74) is 0.797. The van der Waals surface area contributed by atoms with Crippen LogP contribution in [0.1, 0.15) is 34.4 Å². The minimum atomic E-state index is -4.56. The van der Waals surface area contributed by atoms with Gasteiger partial charge in [0.05, 0.1) is 25.0 Å². The summed E-state index contributed by atoms with van der Waals surface area (Å²) in [5, 5.41) is 9.51. The largest absolute Gasteiger partial charge is 0.497 e. The number of pyridine rings is 1. The van der Waals surface area contributed by atoms with Crippen LogP contribution in [-0.2, 0) is 0 Å². The van der Waals surface area contributed by atoms with E-state index in [1.165, 1.54) is 19.4 Å². The number of carbonyl (C=O) groups is 1. The zero-order valence-corrected chi connectivity index (χ0v) is 16.9. The molecule has 1 aromatic carbocycles. The Hall–Kier alpha value is -3.27. The molecule has 31 heavy (non-hydrogen) atoms. The summed E-state index contributed by atoms with van der Waals surface area (Å²) in [6, 6.07) is 7.26. The maximum absolute atomic E-state index is 13.8. The molecule has 1 aliphatic rings. The van der Waals surface area contributed by atoms with Crippen molar-refractivity contribution in [1.82, 2.24) is 14.8 Å². The SMILES string of the molecule is COc1cccc([C@H]2C[C@@H](C(F)(F)F)n3ncc(C(=O)Nc4cccnc4Cl)c3N2)c1. The van der Waals surface area contributed by atoms with Crippen molar-refractivity contribution in [2.75, 3.05) is 17.7 Å². The van der Waals surface area contributed by atoms with Gasteiger partial charge >= 0.3 is 6.18 Å². The molecular weight excluding hydrogens is 435 g/mol. The van der Waals surface area contributed by atoms with Gasteiger partial charge in [0.25, 0.3) is 5.91 Å². The molecule has 2 aromatic heterocycles. The molecule has 3 heterocycles. The van der Waals surface area contributed by atoms with Crippen LogP contribution in [-0.4, -0.2) is 34.0 Å². The summed E-state index contributed by atoms with van der Waals surface area (Å²) < 4.78 is 47.5. The molecule has 0 aliphatic carbocycles. The van der Waals surface area contributed by atoms with Gasteiger partial charge < -0.3 is 15.4 Å². The zero-order chi connectivity index (χ0) is 22.2. The van der Waals surface area contributed by atoms with Crippen LogP contribution in [0.4, 0.5) is 24.7 Å². The highest BCUT2D eigenvalue weighted by atomic mass is 35.5. The average Bonchev–Trinajstić information content (AvgIpc) is 3.18. The van der Waals surface area contributed by atoms with Crippen molar-refractivity contribution in [2.24, 2.45) is 0 Å². The lowest BCUT2D eigenvalue weighted by atomic mass is 9.96. The van der Waals surface area contributed by atoms with E-state index < -0.39 is 24.2 Å². The second-order valence-corrected chi connectivity index (χ2v) is 7.27. The van der Waals surface area contributed by atoms with E-state index in [0.29, 0.717) is 11.3 Å². The second kappa shape index (κ2) is 8.10. The Morgan fingerprint density at radius 3 is 2.84 bits per heavy atom. The van der Waals surface area contributed by atoms with E-state index in [9.17, 15) is 18.0 Å². The molecule has 0 fully saturated rings. The fourth-order valence-electron chi connectivity index (χ4n) is 3.47. The molecule has 11 heteroatoms. The lowest BCUT2D eigenvalue weighted by Crippen LogP contribution is -2.36. The Morgan fingerprint density at radius 1 is 1.32 bits per heavy atom. The summed E-state index contributed by atoms with van der Waals surface area (Å²) in [7, 11) is 1.48. The van der Waals surface area contributed by atoms with Crippen LogP contribution in [0, 0.1) is 0 Å². The van der Waals surface area contributed by atoms with Gasteiger partial charge in [0.15, 0.2) is 11.2 Å². The number of alkyl halides is 3. The molecule has 3 aromatic rings. The maximum Gasteiger partial charge on any atom is 0.410 e. The van der Waals surface area contributed by atoms with E-state index in [1.54, 1.807) is 30.3 Å². The molecule has 1 aliphatic heterocycles. The monoisotopic (exact) mass is 451 g/mol. The number of carbonyl (C=O) groups excluding carboxylic acids is 1. The van der Waals surface area contributed by atoms with Crippen molar-refractivity contribution in [2.45, 2.75) is 24.7 Å². The van der Waals surface area contributed by atoms with Crippen molar-refractivity contribution < 1.29 is 22.7 Å². The van der Waals surface area contributed by atoms with Crippen molar-refractivity contribution in [3.63, 3.8) is 0 Å². The molecule has 0 saturated carbocycles. The van der Waals surface area contributed by atoms with Gasteiger partial charge in [0.1, 0.15) is 17.1 Å². The third-order valence-corrected chi connectivity index (χ3v) is 5.29. The van der Waals surface area contributed by atoms with Crippen LogP contribution >= 0.6 is 11.6 Å². The van der Waals surface area contributed by atoms with Crippen LogP contribution in [0.3, 0.4) is 0 Å². The number of nitrogens with zero attached hydrogens (tertiary/aromatic N) is 3. The minimum absolute atomic E-state index is 0.0288.